The van der Waals surface area contributed by atoms with E-state index in [1.807, 2.05) is 37.8 Å². The molecule has 0 spiro atoms. The fraction of sp³-hybridized carbons (Fsp3) is 0.600. The SMILES string of the molecule is CCCN(CCC)C(=O)C1=CC(C)=CC(C(N)=O)([C@H](Cc2ccc(O)cc2)[C@@H](O)CNCCC(C)C)C1. The third kappa shape index (κ3) is 8.44. The van der Waals surface area contributed by atoms with Crippen molar-refractivity contribution in [2.45, 2.75) is 72.8 Å². The molecule has 0 heterocycles. The second-order valence-electron chi connectivity index (χ2n) is 10.9. The Labute approximate surface area is 222 Å². The fourth-order valence-electron chi connectivity index (χ4n) is 5.24. The zero-order chi connectivity index (χ0) is 27.6. The molecule has 1 aliphatic carbocycles. The molecular formula is C30H47N3O4. The van der Waals surface area contributed by atoms with Crippen LogP contribution >= 0.6 is 0 Å². The van der Waals surface area contributed by atoms with Crippen molar-refractivity contribution < 1.29 is 19.8 Å². The highest BCUT2D eigenvalue weighted by Gasteiger charge is 2.48. The summed E-state index contributed by atoms with van der Waals surface area (Å²) in [4.78, 5) is 28.7. The Kier molecular flexibility index (Phi) is 11.9. The number of nitrogens with two attached hydrogens (primary N) is 1. The number of aliphatic hydroxyl groups excluding tert-OH is 1. The molecule has 0 saturated carbocycles. The third-order valence-corrected chi connectivity index (χ3v) is 7.15. The minimum absolute atomic E-state index is 0.0743. The Morgan fingerprint density at radius 2 is 1.76 bits per heavy atom. The van der Waals surface area contributed by atoms with E-state index in [1.165, 1.54) is 0 Å². The molecule has 5 N–H and O–H groups in total. The second kappa shape index (κ2) is 14.3. The van der Waals surface area contributed by atoms with Gasteiger partial charge in [0, 0.05) is 31.1 Å². The van der Waals surface area contributed by atoms with Crippen LogP contribution in [-0.4, -0.2) is 59.2 Å². The number of hydrogen-bond donors (Lipinski definition) is 4. The van der Waals surface area contributed by atoms with Crippen LogP contribution in [0.3, 0.4) is 0 Å². The lowest BCUT2D eigenvalue weighted by atomic mass is 9.63. The average molecular weight is 514 g/mol. The van der Waals surface area contributed by atoms with Crippen molar-refractivity contribution in [1.29, 1.82) is 0 Å². The highest BCUT2D eigenvalue weighted by Crippen LogP contribution is 2.44. The molecule has 37 heavy (non-hydrogen) atoms. The molecule has 7 heteroatoms. The third-order valence-electron chi connectivity index (χ3n) is 7.15. The van der Waals surface area contributed by atoms with Gasteiger partial charge in [-0.2, -0.15) is 0 Å². The highest BCUT2D eigenvalue weighted by atomic mass is 16.3. The van der Waals surface area contributed by atoms with Crippen molar-refractivity contribution in [2.75, 3.05) is 26.2 Å². The standard InChI is InChI=1S/C30H47N3O4/c1-6-14-33(15-7-2)28(36)24-16-22(5)18-30(19-24,29(31)37)26(17-23-8-10-25(34)11-9-23)27(35)20-32-13-12-21(3)4/h8-11,16,18,21,26-27,32,34-35H,6-7,12-15,17,19-20H2,1-5H3,(H2,31,37)/t26-,27+,30?/m1/s1. The van der Waals surface area contributed by atoms with Gasteiger partial charge in [0.1, 0.15) is 5.75 Å². The first-order valence-electron chi connectivity index (χ1n) is 13.7. The first-order valence-corrected chi connectivity index (χ1v) is 13.7. The van der Waals surface area contributed by atoms with Crippen LogP contribution in [0.1, 0.15) is 65.9 Å². The maximum atomic E-state index is 13.6. The zero-order valence-electron chi connectivity index (χ0n) is 23.3. The topological polar surface area (TPSA) is 116 Å². The molecule has 3 atom stereocenters. The Balaban J connectivity index is 2.45. The predicted molar refractivity (Wildman–Crippen MR) is 149 cm³/mol. The highest BCUT2D eigenvalue weighted by molar-refractivity contribution is 5.96. The minimum Gasteiger partial charge on any atom is -0.508 e. The number of primary amides is 1. The van der Waals surface area contributed by atoms with Crippen LogP contribution in [0.25, 0.3) is 0 Å². The van der Waals surface area contributed by atoms with E-state index < -0.39 is 23.3 Å². The number of aliphatic hydroxyl groups is 1. The zero-order valence-corrected chi connectivity index (χ0v) is 23.3. The predicted octanol–water partition coefficient (Wildman–Crippen LogP) is 3.94. The lowest BCUT2D eigenvalue weighted by molar-refractivity contribution is -0.132. The van der Waals surface area contributed by atoms with Crippen LogP contribution in [-0.2, 0) is 16.0 Å². The first kappa shape index (κ1) is 30.6. The number of nitrogens with zero attached hydrogens (tertiary/aromatic N) is 1. The summed E-state index contributed by atoms with van der Waals surface area (Å²) in [5, 5.41) is 24.6. The van der Waals surface area contributed by atoms with E-state index in [0.717, 1.165) is 36.9 Å². The maximum absolute atomic E-state index is 13.6. The number of benzene rings is 1. The second-order valence-corrected chi connectivity index (χ2v) is 10.9. The molecule has 0 aromatic heterocycles. The fourth-order valence-corrected chi connectivity index (χ4v) is 5.24. The van der Waals surface area contributed by atoms with Gasteiger partial charge in [-0.25, -0.2) is 0 Å². The molecule has 1 aromatic carbocycles. The van der Waals surface area contributed by atoms with Gasteiger partial charge in [0.2, 0.25) is 11.8 Å². The number of allylic oxidation sites excluding steroid dienone is 2. The van der Waals surface area contributed by atoms with Gasteiger partial charge in [-0.3, -0.25) is 9.59 Å². The number of amides is 2. The number of rotatable bonds is 15. The van der Waals surface area contributed by atoms with Crippen LogP contribution in [0.5, 0.6) is 5.75 Å². The van der Waals surface area contributed by atoms with Gasteiger partial charge in [-0.15, -0.1) is 0 Å². The van der Waals surface area contributed by atoms with Gasteiger partial charge in [0.05, 0.1) is 11.5 Å². The summed E-state index contributed by atoms with van der Waals surface area (Å²) in [6, 6.07) is 6.78. The van der Waals surface area contributed by atoms with Crippen molar-refractivity contribution in [3.63, 3.8) is 0 Å². The van der Waals surface area contributed by atoms with E-state index in [1.54, 1.807) is 24.3 Å². The molecule has 0 aliphatic heterocycles. The molecule has 0 bridgehead atoms. The van der Waals surface area contributed by atoms with E-state index >= 15 is 0 Å². The molecule has 0 saturated heterocycles. The Morgan fingerprint density at radius 3 is 2.30 bits per heavy atom. The quantitative estimate of drug-likeness (QED) is 0.265. The Morgan fingerprint density at radius 1 is 1.14 bits per heavy atom. The van der Waals surface area contributed by atoms with Gasteiger partial charge in [-0.05, 0) is 69.2 Å². The van der Waals surface area contributed by atoms with E-state index in [-0.39, 0.29) is 18.1 Å². The van der Waals surface area contributed by atoms with Gasteiger partial charge >= 0.3 is 0 Å². The molecule has 2 rings (SSSR count). The van der Waals surface area contributed by atoms with Crippen LogP contribution in [0, 0.1) is 17.3 Å². The number of carbonyl (C=O) groups is 2. The normalized spacial score (nSPS) is 19.2. The van der Waals surface area contributed by atoms with Crippen molar-refractivity contribution in [1.82, 2.24) is 10.2 Å². The number of carbonyl (C=O) groups excluding carboxylic acids is 2. The van der Waals surface area contributed by atoms with Crippen LogP contribution < -0.4 is 11.1 Å². The van der Waals surface area contributed by atoms with Crippen molar-refractivity contribution in [3.8, 4) is 5.75 Å². The summed E-state index contributed by atoms with van der Waals surface area (Å²) in [5.41, 5.74) is 7.11. The van der Waals surface area contributed by atoms with Crippen molar-refractivity contribution in [2.24, 2.45) is 23.0 Å². The molecular weight excluding hydrogens is 466 g/mol. The molecule has 2 amide bonds. The summed E-state index contributed by atoms with van der Waals surface area (Å²) in [5.74, 6) is -0.510. The summed E-state index contributed by atoms with van der Waals surface area (Å²) in [7, 11) is 0. The number of hydrogen-bond acceptors (Lipinski definition) is 5. The minimum atomic E-state index is -1.23. The van der Waals surface area contributed by atoms with Crippen LogP contribution in [0.15, 0.2) is 47.6 Å². The monoisotopic (exact) mass is 513 g/mol. The molecule has 0 fully saturated rings. The van der Waals surface area contributed by atoms with Gasteiger partial charge in [0.25, 0.3) is 0 Å². The number of nitrogens with one attached hydrogen (secondary N) is 1. The molecule has 1 aromatic rings. The molecule has 7 nitrogen and oxygen atoms in total. The molecule has 0 radical (unpaired) electrons. The van der Waals surface area contributed by atoms with E-state index in [4.69, 9.17) is 5.73 Å². The summed E-state index contributed by atoms with van der Waals surface area (Å²) < 4.78 is 0. The summed E-state index contributed by atoms with van der Waals surface area (Å²) in [6.45, 7) is 12.6. The lowest BCUT2D eigenvalue weighted by Gasteiger charge is -2.42. The number of phenolic OH excluding ortho intramolecular Hbond substituents is 1. The van der Waals surface area contributed by atoms with Gasteiger partial charge in [0.15, 0.2) is 0 Å². The average Bonchev–Trinajstić information content (AvgIpc) is 2.84. The van der Waals surface area contributed by atoms with Crippen LogP contribution in [0.4, 0.5) is 0 Å². The number of aromatic hydroxyl groups is 1. The van der Waals surface area contributed by atoms with E-state index in [0.29, 0.717) is 37.5 Å². The van der Waals surface area contributed by atoms with E-state index in [9.17, 15) is 19.8 Å². The first-order chi connectivity index (χ1) is 17.5. The molecule has 1 aliphatic rings. The Hall–Kier alpha value is -2.64. The van der Waals surface area contributed by atoms with Crippen molar-refractivity contribution in [3.05, 3.63) is 53.1 Å². The van der Waals surface area contributed by atoms with Crippen molar-refractivity contribution >= 4 is 11.8 Å². The number of phenols is 1. The lowest BCUT2D eigenvalue weighted by Crippen LogP contribution is -2.52. The largest absolute Gasteiger partial charge is 0.508 e. The smallest absolute Gasteiger partial charge is 0.249 e. The van der Waals surface area contributed by atoms with Crippen LogP contribution in [0.2, 0.25) is 0 Å². The molecule has 1 unspecified atom stereocenters. The van der Waals surface area contributed by atoms with E-state index in [2.05, 4.69) is 19.2 Å². The summed E-state index contributed by atoms with van der Waals surface area (Å²) >= 11 is 0. The molecule has 206 valence electrons. The maximum Gasteiger partial charge on any atom is 0.249 e. The van der Waals surface area contributed by atoms with Gasteiger partial charge < -0.3 is 26.2 Å². The Bertz CT molecular complexity index is 948. The summed E-state index contributed by atoms with van der Waals surface area (Å²) in [6.07, 6.45) is 6.00. The van der Waals surface area contributed by atoms with Gasteiger partial charge in [-0.1, -0.05) is 57.6 Å².